The summed E-state index contributed by atoms with van der Waals surface area (Å²) in [7, 11) is 3.48. The van der Waals surface area contributed by atoms with Gasteiger partial charge in [0.05, 0.1) is 24.0 Å². The number of carbonyl (C=O) groups is 3. The van der Waals surface area contributed by atoms with Gasteiger partial charge in [-0.15, -0.1) is 0 Å². The molecule has 3 heterocycles. The van der Waals surface area contributed by atoms with Crippen LogP contribution in [0.4, 0.5) is 0 Å². The summed E-state index contributed by atoms with van der Waals surface area (Å²) in [6.07, 6.45) is -0.0434. The second kappa shape index (κ2) is 6.66. The standard InChI is InChI=1S/C18H27N3O5/c1-9-12(8-20-6-5-11(7-20)16(23)19(3)4)15(18(25)26)21-14(9)13(10(2)22)17(21)24/h9-11,13-14,22H,5-8H2,1-4H3,(H,25,26)/t9-,10+,11-,13+,14+/m0/s1. The Morgan fingerprint density at radius 1 is 1.35 bits per heavy atom. The Balaban J connectivity index is 1.78. The first kappa shape index (κ1) is 18.8. The maximum absolute atomic E-state index is 12.3. The van der Waals surface area contributed by atoms with Crippen LogP contribution in [0.3, 0.4) is 0 Å². The number of hydrogen-bond acceptors (Lipinski definition) is 5. The Bertz CT molecular complexity index is 672. The van der Waals surface area contributed by atoms with Crippen molar-refractivity contribution in [2.24, 2.45) is 17.8 Å². The summed E-state index contributed by atoms with van der Waals surface area (Å²) >= 11 is 0. The molecule has 2 N–H and O–H groups in total. The number of β-lactam (4-membered cyclic amide) rings is 1. The van der Waals surface area contributed by atoms with Gasteiger partial charge in [0.25, 0.3) is 0 Å². The molecule has 0 aromatic heterocycles. The van der Waals surface area contributed by atoms with Gasteiger partial charge < -0.3 is 20.0 Å². The number of carboxylic acids is 1. The van der Waals surface area contributed by atoms with Crippen molar-refractivity contribution in [2.75, 3.05) is 33.7 Å². The molecule has 2 fully saturated rings. The lowest BCUT2D eigenvalue weighted by molar-refractivity contribution is -0.163. The number of hydrogen-bond donors (Lipinski definition) is 2. The second-order valence-electron chi connectivity index (χ2n) is 7.89. The molecule has 26 heavy (non-hydrogen) atoms. The van der Waals surface area contributed by atoms with Crippen molar-refractivity contribution in [3.63, 3.8) is 0 Å². The number of aliphatic hydroxyl groups is 1. The lowest BCUT2D eigenvalue weighted by atomic mass is 9.77. The fourth-order valence-electron chi connectivity index (χ4n) is 4.64. The molecule has 3 rings (SSSR count). The molecule has 0 saturated carbocycles. The summed E-state index contributed by atoms with van der Waals surface area (Å²) in [5.74, 6) is -2.06. The van der Waals surface area contributed by atoms with Crippen LogP contribution in [0.1, 0.15) is 20.3 Å². The van der Waals surface area contributed by atoms with E-state index in [0.717, 1.165) is 18.5 Å². The zero-order chi connectivity index (χ0) is 19.3. The van der Waals surface area contributed by atoms with Crippen LogP contribution in [0.2, 0.25) is 0 Å². The van der Waals surface area contributed by atoms with Gasteiger partial charge >= 0.3 is 5.97 Å². The molecule has 3 aliphatic heterocycles. The quantitative estimate of drug-likeness (QED) is 0.643. The van der Waals surface area contributed by atoms with Crippen LogP contribution in [0, 0.1) is 17.8 Å². The van der Waals surface area contributed by atoms with E-state index in [1.165, 1.54) is 4.90 Å². The van der Waals surface area contributed by atoms with Gasteiger partial charge in [-0.2, -0.15) is 0 Å². The van der Waals surface area contributed by atoms with Crippen LogP contribution < -0.4 is 0 Å². The number of aliphatic hydroxyl groups excluding tert-OH is 1. The Morgan fingerprint density at radius 2 is 2.00 bits per heavy atom. The van der Waals surface area contributed by atoms with E-state index in [9.17, 15) is 24.6 Å². The molecule has 0 spiro atoms. The van der Waals surface area contributed by atoms with E-state index in [2.05, 4.69) is 4.90 Å². The van der Waals surface area contributed by atoms with E-state index in [4.69, 9.17) is 0 Å². The van der Waals surface area contributed by atoms with Crippen LogP contribution in [0.5, 0.6) is 0 Å². The number of likely N-dealkylation sites (tertiary alicyclic amines) is 1. The lowest BCUT2D eigenvalue weighted by Gasteiger charge is -2.46. The third kappa shape index (κ3) is 2.81. The molecule has 2 amide bonds. The predicted molar refractivity (Wildman–Crippen MR) is 92.9 cm³/mol. The zero-order valence-corrected chi connectivity index (χ0v) is 15.7. The predicted octanol–water partition coefficient (Wildman–Crippen LogP) is -0.407. The highest BCUT2D eigenvalue weighted by molar-refractivity contribution is 6.00. The summed E-state index contributed by atoms with van der Waals surface area (Å²) in [6.45, 7) is 5.25. The summed E-state index contributed by atoms with van der Waals surface area (Å²) in [5, 5.41) is 19.5. The van der Waals surface area contributed by atoms with Gasteiger partial charge in [0.2, 0.25) is 11.8 Å². The van der Waals surface area contributed by atoms with E-state index < -0.39 is 18.0 Å². The minimum Gasteiger partial charge on any atom is -0.477 e. The maximum atomic E-state index is 12.3. The van der Waals surface area contributed by atoms with Crippen molar-refractivity contribution in [3.8, 4) is 0 Å². The van der Waals surface area contributed by atoms with Crippen molar-refractivity contribution in [1.82, 2.24) is 14.7 Å². The fourth-order valence-corrected chi connectivity index (χ4v) is 4.64. The number of carboxylic acid groups (broad SMARTS) is 1. The highest BCUT2D eigenvalue weighted by Gasteiger charge is 2.59. The number of rotatable bonds is 5. The molecule has 0 aliphatic carbocycles. The molecule has 144 valence electrons. The Kier molecular flexibility index (Phi) is 4.83. The van der Waals surface area contributed by atoms with Gasteiger partial charge in [-0.3, -0.25) is 14.5 Å². The molecule has 0 radical (unpaired) electrons. The first-order valence-electron chi connectivity index (χ1n) is 9.06. The third-order valence-electron chi connectivity index (χ3n) is 5.97. The second-order valence-corrected chi connectivity index (χ2v) is 7.89. The van der Waals surface area contributed by atoms with Gasteiger partial charge in [-0.05, 0) is 25.5 Å². The molecule has 0 aromatic carbocycles. The molecule has 0 bridgehead atoms. The molecule has 8 nitrogen and oxygen atoms in total. The minimum absolute atomic E-state index is 0.0618. The van der Waals surface area contributed by atoms with Crippen molar-refractivity contribution in [2.45, 2.75) is 32.4 Å². The van der Waals surface area contributed by atoms with Crippen LogP contribution in [-0.2, 0) is 14.4 Å². The Morgan fingerprint density at radius 3 is 2.54 bits per heavy atom. The number of amides is 2. The van der Waals surface area contributed by atoms with Gasteiger partial charge in [0.15, 0.2) is 0 Å². The van der Waals surface area contributed by atoms with Crippen LogP contribution in [0.15, 0.2) is 11.3 Å². The van der Waals surface area contributed by atoms with Gasteiger partial charge in [0, 0.05) is 33.1 Å². The summed E-state index contributed by atoms with van der Waals surface area (Å²) < 4.78 is 0. The van der Waals surface area contributed by atoms with Crippen molar-refractivity contribution in [3.05, 3.63) is 11.3 Å². The molecule has 0 aromatic rings. The van der Waals surface area contributed by atoms with Crippen molar-refractivity contribution >= 4 is 17.8 Å². The molecule has 8 heteroatoms. The average Bonchev–Trinajstić information content (AvgIpc) is 3.09. The monoisotopic (exact) mass is 365 g/mol. The molecular weight excluding hydrogens is 338 g/mol. The van der Waals surface area contributed by atoms with E-state index in [0.29, 0.717) is 13.1 Å². The minimum atomic E-state index is -1.10. The third-order valence-corrected chi connectivity index (χ3v) is 5.97. The van der Waals surface area contributed by atoms with Crippen LogP contribution in [0.25, 0.3) is 0 Å². The maximum Gasteiger partial charge on any atom is 0.352 e. The summed E-state index contributed by atoms with van der Waals surface area (Å²) in [4.78, 5) is 41.3. The molecular formula is C18H27N3O5. The van der Waals surface area contributed by atoms with Crippen molar-refractivity contribution in [1.29, 1.82) is 0 Å². The van der Waals surface area contributed by atoms with Gasteiger partial charge in [0.1, 0.15) is 5.70 Å². The SMILES string of the molecule is C[C@@H](O)[C@H]1C(=O)N2C(C(=O)O)=C(CN3CC[C@H](C(=O)N(C)C)C3)[C@H](C)[C@H]12. The highest BCUT2D eigenvalue weighted by atomic mass is 16.4. The van der Waals surface area contributed by atoms with Crippen molar-refractivity contribution < 1.29 is 24.6 Å². The first-order chi connectivity index (χ1) is 12.1. The molecule has 2 saturated heterocycles. The van der Waals surface area contributed by atoms with E-state index >= 15 is 0 Å². The number of nitrogens with zero attached hydrogens (tertiary/aromatic N) is 3. The largest absolute Gasteiger partial charge is 0.477 e. The van der Waals surface area contributed by atoms with E-state index in [-0.39, 0.29) is 35.4 Å². The van der Waals surface area contributed by atoms with Crippen LogP contribution in [-0.4, -0.2) is 88.6 Å². The van der Waals surface area contributed by atoms with E-state index in [1.807, 2.05) is 6.92 Å². The summed E-state index contributed by atoms with van der Waals surface area (Å²) in [5.41, 5.74) is 0.781. The Hall–Kier alpha value is -1.93. The average molecular weight is 365 g/mol. The normalized spacial score (nSPS) is 32.5. The number of carbonyl (C=O) groups excluding carboxylic acids is 2. The summed E-state index contributed by atoms with van der Waals surface area (Å²) in [6, 6.07) is -0.287. The fraction of sp³-hybridized carbons (Fsp3) is 0.722. The highest BCUT2D eigenvalue weighted by Crippen LogP contribution is 2.47. The molecule has 5 atom stereocenters. The Labute approximate surface area is 153 Å². The van der Waals surface area contributed by atoms with E-state index in [1.54, 1.807) is 25.9 Å². The zero-order valence-electron chi connectivity index (χ0n) is 15.7. The van der Waals surface area contributed by atoms with Crippen LogP contribution >= 0.6 is 0 Å². The molecule has 0 unspecified atom stereocenters. The first-order valence-corrected chi connectivity index (χ1v) is 9.06. The number of fused-ring (bicyclic) bond motifs is 1. The smallest absolute Gasteiger partial charge is 0.352 e. The van der Waals surface area contributed by atoms with Gasteiger partial charge in [-0.1, -0.05) is 6.92 Å². The lowest BCUT2D eigenvalue weighted by Crippen LogP contribution is -2.63. The molecule has 3 aliphatic rings. The number of aliphatic carboxylic acids is 1. The van der Waals surface area contributed by atoms with Gasteiger partial charge in [-0.25, -0.2) is 4.79 Å². The topological polar surface area (TPSA) is 101 Å².